The van der Waals surface area contributed by atoms with Gasteiger partial charge in [0.25, 0.3) is 11.5 Å². The van der Waals surface area contributed by atoms with E-state index in [-0.39, 0.29) is 77.5 Å². The summed E-state index contributed by atoms with van der Waals surface area (Å²) in [6.07, 6.45) is -0.263. The van der Waals surface area contributed by atoms with E-state index in [1.807, 2.05) is 11.8 Å². The molecule has 7 rings (SSSR count). The van der Waals surface area contributed by atoms with Crippen LogP contribution in [0.4, 0.5) is 24.5 Å². The molecule has 0 saturated carbocycles. The minimum absolute atomic E-state index is 0.00448. The number of anilines is 2. The lowest BCUT2D eigenvalue weighted by atomic mass is 10.00. The summed E-state index contributed by atoms with van der Waals surface area (Å²) in [5, 5.41) is 17.2. The van der Waals surface area contributed by atoms with E-state index in [1.54, 1.807) is 4.57 Å². The van der Waals surface area contributed by atoms with Crippen LogP contribution in [0.15, 0.2) is 41.3 Å². The first-order valence-electron chi connectivity index (χ1n) is 16.2. The van der Waals surface area contributed by atoms with Crippen LogP contribution in [0.5, 0.6) is 5.75 Å². The number of ether oxygens (including phenoxy) is 1. The SMILES string of the molecule is CCc1c(N2CCN(C(=O)c3nccc(Cl)c3O)CC2)c(=O)n2nc(C3=CC4COCC4C3)nc2n1CC(=O)Nc1ccc(C(F)(F)F)cc1Cl. The van der Waals surface area contributed by atoms with E-state index in [1.165, 1.54) is 21.7 Å². The number of halogens is 5. The minimum atomic E-state index is -4.61. The molecule has 2 unspecified atom stereocenters. The van der Waals surface area contributed by atoms with Gasteiger partial charge in [-0.15, -0.1) is 5.10 Å². The standard InChI is InChI=1S/C33H31Cl2F3N8O5/c1-2-24-27(43-7-9-44(10-8-43)30(49)26-28(48)21(34)5-6-39-26)31(50)46-32(41-29(42-46)17-11-18-15-51-16-19(18)12-17)45(24)14-25(47)40-23-4-3-20(13-22(23)35)33(36,37)38/h3-6,11,13,18-19,48H,2,7-10,12,14-16H2,1H3,(H,40,47). The number of nitrogens with zero attached hydrogens (tertiary/aromatic N) is 7. The second kappa shape index (κ2) is 13.5. The number of hydrogen-bond donors (Lipinski definition) is 2. The lowest BCUT2D eigenvalue weighted by molar-refractivity contribution is -0.137. The Morgan fingerprint density at radius 2 is 1.86 bits per heavy atom. The topological polar surface area (TPSA) is 147 Å². The van der Waals surface area contributed by atoms with E-state index in [9.17, 15) is 32.7 Å². The van der Waals surface area contributed by atoms with E-state index in [4.69, 9.17) is 32.9 Å². The van der Waals surface area contributed by atoms with Gasteiger partial charge < -0.3 is 29.5 Å². The van der Waals surface area contributed by atoms with Gasteiger partial charge in [0, 0.05) is 38.3 Å². The number of hydrogen-bond acceptors (Lipinski definition) is 9. The van der Waals surface area contributed by atoms with Gasteiger partial charge in [0.05, 0.1) is 40.2 Å². The van der Waals surface area contributed by atoms with Crippen molar-refractivity contribution >= 4 is 57.7 Å². The number of fused-ring (bicyclic) bond motifs is 2. The lowest BCUT2D eigenvalue weighted by Crippen LogP contribution is -2.51. The Labute approximate surface area is 298 Å². The van der Waals surface area contributed by atoms with Crippen molar-refractivity contribution in [1.29, 1.82) is 0 Å². The number of piperazine rings is 1. The number of carbonyl (C=O) groups is 2. The van der Waals surface area contributed by atoms with Gasteiger partial charge in [-0.1, -0.05) is 36.2 Å². The summed E-state index contributed by atoms with van der Waals surface area (Å²) in [5.74, 6) is -0.579. The number of benzene rings is 1. The normalized spacial score (nSPS) is 19.1. The molecule has 0 spiro atoms. The Kier molecular flexibility index (Phi) is 9.18. The first-order chi connectivity index (χ1) is 24.3. The highest BCUT2D eigenvalue weighted by Gasteiger charge is 2.36. The highest BCUT2D eigenvalue weighted by molar-refractivity contribution is 6.33. The number of aromatic nitrogens is 5. The van der Waals surface area contributed by atoms with Crippen LogP contribution in [-0.4, -0.2) is 85.4 Å². The average Bonchev–Trinajstić information content (AvgIpc) is 3.83. The number of aromatic hydroxyl groups is 1. The third kappa shape index (κ3) is 6.51. The van der Waals surface area contributed by atoms with Crippen molar-refractivity contribution in [2.45, 2.75) is 32.5 Å². The number of alkyl halides is 3. The molecule has 2 N–H and O–H groups in total. The van der Waals surface area contributed by atoms with Crippen molar-refractivity contribution in [2.75, 3.05) is 49.6 Å². The fourth-order valence-electron chi connectivity index (χ4n) is 6.85. The molecule has 3 aliphatic rings. The first kappa shape index (κ1) is 34.8. The van der Waals surface area contributed by atoms with Crippen LogP contribution < -0.4 is 15.8 Å². The maximum Gasteiger partial charge on any atom is 0.416 e. The zero-order valence-electron chi connectivity index (χ0n) is 27.1. The van der Waals surface area contributed by atoms with Crippen LogP contribution >= 0.6 is 23.2 Å². The number of carbonyl (C=O) groups excluding carboxylic acids is 2. The van der Waals surface area contributed by atoms with Gasteiger partial charge in [-0.05, 0) is 48.6 Å². The van der Waals surface area contributed by atoms with Gasteiger partial charge in [0.2, 0.25) is 11.7 Å². The summed E-state index contributed by atoms with van der Waals surface area (Å²) in [5.41, 5.74) is -0.00484. The molecule has 1 aromatic carbocycles. The first-order valence-corrected chi connectivity index (χ1v) is 16.9. The van der Waals surface area contributed by atoms with Crippen molar-refractivity contribution in [3.8, 4) is 5.75 Å². The molecular weight excluding hydrogens is 716 g/mol. The monoisotopic (exact) mass is 746 g/mol. The number of nitrogens with one attached hydrogen (secondary N) is 1. The molecule has 2 amide bonds. The molecule has 3 aromatic heterocycles. The molecule has 0 bridgehead atoms. The molecule has 1 aliphatic carbocycles. The van der Waals surface area contributed by atoms with Gasteiger partial charge in [-0.25, -0.2) is 4.98 Å². The van der Waals surface area contributed by atoms with E-state index in [0.717, 1.165) is 23.8 Å². The minimum Gasteiger partial charge on any atom is -0.504 e. The average molecular weight is 748 g/mol. The molecule has 2 saturated heterocycles. The second-order valence-corrected chi connectivity index (χ2v) is 13.4. The second-order valence-electron chi connectivity index (χ2n) is 12.6. The van der Waals surface area contributed by atoms with Crippen molar-refractivity contribution in [2.24, 2.45) is 11.8 Å². The van der Waals surface area contributed by atoms with Crippen molar-refractivity contribution in [3.05, 3.63) is 79.7 Å². The number of rotatable bonds is 7. The molecule has 2 fully saturated rings. The molecule has 4 aromatic rings. The zero-order chi connectivity index (χ0) is 36.2. The summed E-state index contributed by atoms with van der Waals surface area (Å²) in [6.45, 7) is 3.47. The van der Waals surface area contributed by atoms with Crippen LogP contribution in [0.3, 0.4) is 0 Å². The Balaban J connectivity index is 1.23. The van der Waals surface area contributed by atoms with Crippen LogP contribution in [0.25, 0.3) is 11.4 Å². The van der Waals surface area contributed by atoms with Gasteiger partial charge in [0.1, 0.15) is 12.2 Å². The van der Waals surface area contributed by atoms with Crippen LogP contribution in [0, 0.1) is 11.8 Å². The molecule has 13 nitrogen and oxygen atoms in total. The maximum atomic E-state index is 14.3. The molecular formula is C33H31Cl2F3N8O5. The number of pyridine rings is 1. The molecule has 2 aliphatic heterocycles. The van der Waals surface area contributed by atoms with Gasteiger partial charge >= 0.3 is 6.18 Å². The molecule has 5 heterocycles. The lowest BCUT2D eigenvalue weighted by Gasteiger charge is -2.36. The Bertz CT molecular complexity index is 2150. The van der Waals surface area contributed by atoms with Crippen molar-refractivity contribution < 1.29 is 32.6 Å². The highest BCUT2D eigenvalue weighted by atomic mass is 35.5. The summed E-state index contributed by atoms with van der Waals surface area (Å²) in [7, 11) is 0. The molecule has 51 heavy (non-hydrogen) atoms. The van der Waals surface area contributed by atoms with Crippen LogP contribution in [0.1, 0.15) is 40.9 Å². The third-order valence-electron chi connectivity index (χ3n) is 9.43. The van der Waals surface area contributed by atoms with Crippen molar-refractivity contribution in [1.82, 2.24) is 29.0 Å². The van der Waals surface area contributed by atoms with E-state index in [0.29, 0.717) is 37.6 Å². The molecule has 268 valence electrons. The number of amides is 2. The quantitative estimate of drug-likeness (QED) is 0.279. The summed E-state index contributed by atoms with van der Waals surface area (Å²) in [4.78, 5) is 53.0. The van der Waals surface area contributed by atoms with Crippen molar-refractivity contribution in [3.63, 3.8) is 0 Å². The highest BCUT2D eigenvalue weighted by Crippen LogP contribution is 2.39. The van der Waals surface area contributed by atoms with Crippen LogP contribution in [-0.2, 0) is 28.7 Å². The smallest absolute Gasteiger partial charge is 0.416 e. The Hall–Kier alpha value is -4.67. The summed E-state index contributed by atoms with van der Waals surface area (Å²) < 4.78 is 48.0. The fraction of sp³-hybridized carbons (Fsp3) is 0.394. The maximum absolute atomic E-state index is 14.3. The summed E-state index contributed by atoms with van der Waals surface area (Å²) >= 11 is 12.1. The fourth-order valence-corrected chi connectivity index (χ4v) is 7.22. The van der Waals surface area contributed by atoms with E-state index < -0.39 is 34.9 Å². The van der Waals surface area contributed by atoms with E-state index in [2.05, 4.69) is 21.5 Å². The Morgan fingerprint density at radius 3 is 2.55 bits per heavy atom. The number of allylic oxidation sites excluding steroid dienone is 1. The zero-order valence-corrected chi connectivity index (χ0v) is 28.6. The van der Waals surface area contributed by atoms with Gasteiger partial charge in [-0.2, -0.15) is 22.7 Å². The largest absolute Gasteiger partial charge is 0.504 e. The molecule has 0 radical (unpaired) electrons. The van der Waals surface area contributed by atoms with Crippen LogP contribution in [0.2, 0.25) is 10.0 Å². The predicted octanol–water partition coefficient (Wildman–Crippen LogP) is 4.53. The van der Waals surface area contributed by atoms with Gasteiger partial charge in [0.15, 0.2) is 17.3 Å². The van der Waals surface area contributed by atoms with E-state index >= 15 is 0 Å². The molecule has 2 atom stereocenters. The third-order valence-corrected chi connectivity index (χ3v) is 10.0. The summed E-state index contributed by atoms with van der Waals surface area (Å²) in [6, 6.07) is 4.01. The Morgan fingerprint density at radius 1 is 1.10 bits per heavy atom. The predicted molar refractivity (Wildman–Crippen MR) is 181 cm³/mol. The molecule has 18 heteroatoms. The van der Waals surface area contributed by atoms with Gasteiger partial charge in [-0.3, -0.25) is 14.4 Å².